The summed E-state index contributed by atoms with van der Waals surface area (Å²) >= 11 is -1.75. The van der Waals surface area contributed by atoms with Crippen LogP contribution in [0.15, 0.2) is 0 Å². The molecular formula is H2Cl3ORu-. The van der Waals surface area contributed by atoms with Gasteiger partial charge in [-0.3, -0.25) is 0 Å². The molecule has 1 nitrogen and oxygen atoms in total. The van der Waals surface area contributed by atoms with Gasteiger partial charge in [-0.1, -0.05) is 0 Å². The molecule has 5 heteroatoms. The number of halogens is 3. The maximum absolute atomic E-state index is 4.95. The predicted molar refractivity (Wildman–Crippen MR) is 21.2 cm³/mol. The zero-order chi connectivity index (χ0) is 3.58. The zero-order valence-electron chi connectivity index (χ0n) is 1.99. The average molecular weight is 225 g/mol. The normalized spacial score (nSPS) is 9.00. The van der Waals surface area contributed by atoms with E-state index in [0.29, 0.717) is 0 Å². The minimum atomic E-state index is -1.75. The third-order valence-electron chi connectivity index (χ3n) is 0. The fraction of sp³-hybridized carbons (Fsp3) is 0. The van der Waals surface area contributed by atoms with Crippen molar-refractivity contribution >= 4 is 29.1 Å². The molecule has 0 heterocycles. The van der Waals surface area contributed by atoms with Crippen LogP contribution < -0.4 is 0 Å². The van der Waals surface area contributed by atoms with Crippen molar-refractivity contribution in [2.75, 3.05) is 0 Å². The van der Waals surface area contributed by atoms with E-state index in [4.69, 9.17) is 29.1 Å². The quantitative estimate of drug-likeness (QED) is 0.556. The second-order valence-corrected chi connectivity index (χ2v) is 8.07. The van der Waals surface area contributed by atoms with Crippen LogP contribution in [0.4, 0.5) is 0 Å². The van der Waals surface area contributed by atoms with Gasteiger partial charge in [-0.05, 0) is 0 Å². The summed E-state index contributed by atoms with van der Waals surface area (Å²) in [6.07, 6.45) is 0. The molecule has 0 rings (SSSR count). The first-order chi connectivity index (χ1) is 1.73. The molecule has 5 heavy (non-hydrogen) atoms. The molecule has 0 bridgehead atoms. The van der Waals surface area contributed by atoms with Gasteiger partial charge in [0.2, 0.25) is 0 Å². The topological polar surface area (TPSA) is 31.5 Å². The summed E-state index contributed by atoms with van der Waals surface area (Å²) in [7, 11) is 14.8. The molecule has 0 spiro atoms. The van der Waals surface area contributed by atoms with Gasteiger partial charge in [0.25, 0.3) is 0 Å². The van der Waals surface area contributed by atoms with E-state index in [1.807, 2.05) is 0 Å². The number of hydrogen-bond donors (Lipinski definition) is 0. The Hall–Kier alpha value is 1.45. The predicted octanol–water partition coefficient (Wildman–Crippen LogP) is 1.24. The Morgan fingerprint density at radius 2 is 1.00 bits per heavy atom. The van der Waals surface area contributed by atoms with Crippen LogP contribution in [0.5, 0.6) is 0 Å². The summed E-state index contributed by atoms with van der Waals surface area (Å²) in [5, 5.41) is 0. The monoisotopic (exact) mass is 225 g/mol. The van der Waals surface area contributed by atoms with E-state index in [0.717, 1.165) is 0 Å². The Labute approximate surface area is 47.5 Å². The van der Waals surface area contributed by atoms with Crippen LogP contribution in [0, 0.1) is 0 Å². The van der Waals surface area contributed by atoms with Crippen molar-refractivity contribution in [1.82, 2.24) is 0 Å². The first-order valence-electron chi connectivity index (χ1n) is 0.401. The van der Waals surface area contributed by atoms with Crippen LogP contribution in [0.1, 0.15) is 0 Å². The van der Waals surface area contributed by atoms with Crippen LogP contribution >= 0.6 is 29.1 Å². The van der Waals surface area contributed by atoms with Crippen molar-refractivity contribution in [2.45, 2.75) is 0 Å². The van der Waals surface area contributed by atoms with E-state index < -0.39 is 13.0 Å². The third-order valence-corrected chi connectivity index (χ3v) is 0. The summed E-state index contributed by atoms with van der Waals surface area (Å²) in [6.45, 7) is 0. The van der Waals surface area contributed by atoms with Gasteiger partial charge in [0.05, 0.1) is 0 Å². The molecule has 0 aromatic rings. The van der Waals surface area contributed by atoms with Crippen molar-refractivity contribution in [3.05, 3.63) is 0 Å². The van der Waals surface area contributed by atoms with E-state index in [9.17, 15) is 0 Å². The molecule has 0 aromatic carbocycles. The molecule has 0 aliphatic rings. The van der Waals surface area contributed by atoms with Crippen molar-refractivity contribution in [3.63, 3.8) is 0 Å². The van der Waals surface area contributed by atoms with Gasteiger partial charge < -0.3 is 5.48 Å². The zero-order valence-corrected chi connectivity index (χ0v) is 5.99. The molecule has 0 saturated heterocycles. The van der Waals surface area contributed by atoms with Gasteiger partial charge in [-0.15, -0.1) is 0 Å². The molecule has 0 aliphatic carbocycles. The Morgan fingerprint density at radius 3 is 1.00 bits per heavy atom. The summed E-state index contributed by atoms with van der Waals surface area (Å²) in [4.78, 5) is 0. The van der Waals surface area contributed by atoms with Gasteiger partial charge in [-0.25, -0.2) is 0 Å². The second kappa shape index (κ2) is 5.45. The molecule has 0 fully saturated rings. The van der Waals surface area contributed by atoms with E-state index in [2.05, 4.69) is 0 Å². The first-order valence-corrected chi connectivity index (χ1v) is 7.12. The molecule has 0 aromatic heterocycles. The van der Waals surface area contributed by atoms with Crippen molar-refractivity contribution in [1.29, 1.82) is 0 Å². The van der Waals surface area contributed by atoms with E-state index >= 15 is 0 Å². The summed E-state index contributed by atoms with van der Waals surface area (Å²) < 4.78 is 0. The fourth-order valence-corrected chi connectivity index (χ4v) is 0. The third kappa shape index (κ3) is 30.8. The number of hydrogen-bond acceptors (Lipinski definition) is 0. The molecule has 0 unspecified atom stereocenters. The Morgan fingerprint density at radius 1 is 1.00 bits per heavy atom. The Bertz CT molecular complexity index is 11.6. The minimum absolute atomic E-state index is 0. The summed E-state index contributed by atoms with van der Waals surface area (Å²) in [5.41, 5.74) is 0. The van der Waals surface area contributed by atoms with Crippen molar-refractivity contribution in [3.8, 4) is 0 Å². The molecule has 0 aliphatic heterocycles. The Kier molecular flexibility index (Phi) is 10.6. The van der Waals surface area contributed by atoms with Crippen LogP contribution in [0.3, 0.4) is 0 Å². The number of rotatable bonds is 0. The second-order valence-electron chi connectivity index (χ2n) is 0.152. The standard InChI is InChI=1S/3ClH.H2O.Ru/h3*1H;1H2;/q;;;;+2/p-3. The summed E-state index contributed by atoms with van der Waals surface area (Å²) in [5.74, 6) is 0. The van der Waals surface area contributed by atoms with Gasteiger partial charge in [0.15, 0.2) is 0 Å². The van der Waals surface area contributed by atoms with Crippen LogP contribution in [-0.4, -0.2) is 5.48 Å². The van der Waals surface area contributed by atoms with Gasteiger partial charge >= 0.3 is 42.1 Å². The molecule has 38 valence electrons. The summed E-state index contributed by atoms with van der Waals surface area (Å²) in [6, 6.07) is 0. The molecule has 0 amide bonds. The van der Waals surface area contributed by atoms with Crippen molar-refractivity contribution < 1.29 is 18.5 Å². The fourth-order valence-electron chi connectivity index (χ4n) is 0. The van der Waals surface area contributed by atoms with E-state index in [1.54, 1.807) is 0 Å². The van der Waals surface area contributed by atoms with Crippen LogP contribution in [0.2, 0.25) is 0 Å². The molecule has 0 saturated carbocycles. The maximum atomic E-state index is 4.95. The average Bonchev–Trinajstić information content (AvgIpc) is 0.811. The van der Waals surface area contributed by atoms with Gasteiger partial charge in [-0.2, -0.15) is 0 Å². The van der Waals surface area contributed by atoms with Gasteiger partial charge in [0, 0.05) is 0 Å². The molecule has 2 N–H and O–H groups in total. The Balaban J connectivity index is 0. The van der Waals surface area contributed by atoms with E-state index in [1.165, 1.54) is 0 Å². The van der Waals surface area contributed by atoms with E-state index in [-0.39, 0.29) is 5.48 Å². The SMILES string of the molecule is O.[Cl][Ru-]([Cl])[Cl]. The molecule has 0 atom stereocenters. The van der Waals surface area contributed by atoms with Crippen molar-refractivity contribution in [2.24, 2.45) is 0 Å². The molecule has 0 radical (unpaired) electrons. The first kappa shape index (κ1) is 9.68. The van der Waals surface area contributed by atoms with Crippen LogP contribution in [0.25, 0.3) is 0 Å². The van der Waals surface area contributed by atoms with Gasteiger partial charge in [0.1, 0.15) is 0 Å². The van der Waals surface area contributed by atoms with Crippen LogP contribution in [-0.2, 0) is 13.0 Å². The molecular weight excluding hydrogens is 223 g/mol.